The second-order valence-electron chi connectivity index (χ2n) is 4.57. The lowest BCUT2D eigenvalue weighted by atomic mass is 9.67. The van der Waals surface area contributed by atoms with Crippen molar-refractivity contribution in [3.63, 3.8) is 0 Å². The summed E-state index contributed by atoms with van der Waals surface area (Å²) in [5.41, 5.74) is -0.654. The van der Waals surface area contributed by atoms with Gasteiger partial charge in [-0.25, -0.2) is 0 Å². The van der Waals surface area contributed by atoms with E-state index in [1.807, 2.05) is 0 Å². The van der Waals surface area contributed by atoms with Crippen LogP contribution in [-0.4, -0.2) is 17.0 Å². The van der Waals surface area contributed by atoms with Crippen LogP contribution in [0.5, 0.6) is 0 Å². The molecule has 0 aliphatic heterocycles. The van der Waals surface area contributed by atoms with Crippen molar-refractivity contribution in [1.29, 1.82) is 0 Å². The van der Waals surface area contributed by atoms with Crippen molar-refractivity contribution < 1.29 is 9.90 Å². The Labute approximate surface area is 84.3 Å². The lowest BCUT2D eigenvalue weighted by molar-refractivity contribution is -0.151. The van der Waals surface area contributed by atoms with Crippen molar-refractivity contribution >= 4 is 17.6 Å². The molecule has 0 radical (unpaired) electrons. The highest BCUT2D eigenvalue weighted by atomic mass is 35.5. The summed E-state index contributed by atoms with van der Waals surface area (Å²) in [6, 6.07) is 0. The van der Waals surface area contributed by atoms with Gasteiger partial charge in [-0.15, -0.1) is 11.6 Å². The molecule has 1 saturated carbocycles. The van der Waals surface area contributed by atoms with Crippen molar-refractivity contribution in [1.82, 2.24) is 0 Å². The van der Waals surface area contributed by atoms with Gasteiger partial charge in [0, 0.05) is 5.88 Å². The molecule has 0 aromatic rings. The summed E-state index contributed by atoms with van der Waals surface area (Å²) in [6.45, 7) is 4.22. The van der Waals surface area contributed by atoms with Crippen molar-refractivity contribution in [3.8, 4) is 0 Å². The molecule has 1 rings (SSSR count). The van der Waals surface area contributed by atoms with Crippen LogP contribution in [0.15, 0.2) is 0 Å². The number of hydrogen-bond acceptors (Lipinski definition) is 1. The van der Waals surface area contributed by atoms with E-state index in [1.54, 1.807) is 0 Å². The van der Waals surface area contributed by atoms with Crippen LogP contribution in [0, 0.1) is 17.3 Å². The van der Waals surface area contributed by atoms with Gasteiger partial charge in [-0.05, 0) is 31.1 Å². The molecule has 2 atom stereocenters. The van der Waals surface area contributed by atoms with Gasteiger partial charge in [-0.2, -0.15) is 0 Å². The second-order valence-corrected chi connectivity index (χ2v) is 4.84. The third-order valence-corrected chi connectivity index (χ3v) is 3.50. The average Bonchev–Trinajstić information content (AvgIpc) is 2.02. The number of carboxylic acid groups (broad SMARTS) is 1. The summed E-state index contributed by atoms with van der Waals surface area (Å²) in [6.07, 6.45) is 2.60. The fourth-order valence-electron chi connectivity index (χ4n) is 2.61. The minimum atomic E-state index is -0.721. The Kier molecular flexibility index (Phi) is 3.23. The summed E-state index contributed by atoms with van der Waals surface area (Å²) in [5, 5.41) is 9.14. The van der Waals surface area contributed by atoms with Gasteiger partial charge in [-0.3, -0.25) is 4.79 Å². The SMILES string of the molecule is CC1CC(C)CC(CCl)(C(=O)O)C1. The molecule has 2 unspecified atom stereocenters. The number of halogens is 1. The molecule has 1 N–H and O–H groups in total. The van der Waals surface area contributed by atoms with Gasteiger partial charge in [0.25, 0.3) is 0 Å². The van der Waals surface area contributed by atoms with Crippen molar-refractivity contribution in [3.05, 3.63) is 0 Å². The maximum Gasteiger partial charge on any atom is 0.310 e. The predicted molar refractivity (Wildman–Crippen MR) is 53.0 cm³/mol. The highest BCUT2D eigenvalue weighted by molar-refractivity contribution is 6.19. The Balaban J connectivity index is 2.80. The summed E-state index contributed by atoms with van der Waals surface area (Å²) in [4.78, 5) is 11.1. The van der Waals surface area contributed by atoms with E-state index >= 15 is 0 Å². The Morgan fingerprint density at radius 2 is 1.92 bits per heavy atom. The molecule has 0 aromatic heterocycles. The van der Waals surface area contributed by atoms with Gasteiger partial charge in [0.1, 0.15) is 0 Å². The number of alkyl halides is 1. The monoisotopic (exact) mass is 204 g/mol. The molecular weight excluding hydrogens is 188 g/mol. The molecule has 1 fully saturated rings. The van der Waals surface area contributed by atoms with E-state index in [4.69, 9.17) is 16.7 Å². The molecule has 13 heavy (non-hydrogen) atoms. The molecule has 0 heterocycles. The van der Waals surface area contributed by atoms with Crippen LogP contribution < -0.4 is 0 Å². The molecule has 0 bridgehead atoms. The topological polar surface area (TPSA) is 37.3 Å². The molecule has 0 aromatic carbocycles. The first-order valence-corrected chi connectivity index (χ1v) is 5.33. The standard InChI is InChI=1S/C10H17ClO2/c1-7-3-8(2)5-10(4-7,6-11)9(12)13/h7-8H,3-6H2,1-2H3,(H,12,13). The minimum absolute atomic E-state index is 0.247. The first-order chi connectivity index (χ1) is 6.00. The quantitative estimate of drug-likeness (QED) is 0.703. The summed E-state index contributed by atoms with van der Waals surface area (Å²) in [5.74, 6) is 0.495. The van der Waals surface area contributed by atoms with Crippen molar-refractivity contribution in [2.75, 3.05) is 5.88 Å². The largest absolute Gasteiger partial charge is 0.481 e. The summed E-state index contributed by atoms with van der Waals surface area (Å²) >= 11 is 5.78. The van der Waals surface area contributed by atoms with Crippen LogP contribution in [0.3, 0.4) is 0 Å². The molecule has 1 aliphatic carbocycles. The second kappa shape index (κ2) is 3.87. The van der Waals surface area contributed by atoms with Crippen LogP contribution in [0.1, 0.15) is 33.1 Å². The number of aliphatic carboxylic acids is 1. The molecular formula is C10H17ClO2. The zero-order chi connectivity index (χ0) is 10.1. The first kappa shape index (κ1) is 10.8. The summed E-state index contributed by atoms with van der Waals surface area (Å²) in [7, 11) is 0. The maximum absolute atomic E-state index is 11.1. The van der Waals surface area contributed by atoms with Crippen LogP contribution in [0.4, 0.5) is 0 Å². The van der Waals surface area contributed by atoms with E-state index in [0.29, 0.717) is 11.8 Å². The third kappa shape index (κ3) is 2.16. The number of rotatable bonds is 2. The Bertz CT molecular complexity index is 193. The van der Waals surface area contributed by atoms with E-state index in [9.17, 15) is 4.79 Å². The third-order valence-electron chi connectivity index (χ3n) is 2.99. The van der Waals surface area contributed by atoms with Gasteiger partial charge in [0.05, 0.1) is 5.41 Å². The molecule has 0 spiro atoms. The zero-order valence-corrected chi connectivity index (χ0v) is 8.97. The average molecular weight is 205 g/mol. The summed E-state index contributed by atoms with van der Waals surface area (Å²) < 4.78 is 0. The van der Waals surface area contributed by atoms with E-state index in [2.05, 4.69) is 13.8 Å². The maximum atomic E-state index is 11.1. The van der Waals surface area contributed by atoms with E-state index in [1.165, 1.54) is 0 Å². The molecule has 76 valence electrons. The number of hydrogen-bond donors (Lipinski definition) is 1. The van der Waals surface area contributed by atoms with Gasteiger partial charge >= 0.3 is 5.97 Å². The molecule has 2 nitrogen and oxygen atoms in total. The Morgan fingerprint density at radius 3 is 2.23 bits per heavy atom. The number of carboxylic acids is 1. The molecule has 0 amide bonds. The fourth-order valence-corrected chi connectivity index (χ4v) is 2.94. The van der Waals surface area contributed by atoms with Crippen molar-refractivity contribution in [2.24, 2.45) is 17.3 Å². The van der Waals surface area contributed by atoms with Crippen LogP contribution in [0.25, 0.3) is 0 Å². The Morgan fingerprint density at radius 1 is 1.46 bits per heavy atom. The van der Waals surface area contributed by atoms with E-state index < -0.39 is 11.4 Å². The Hall–Kier alpha value is -0.240. The van der Waals surface area contributed by atoms with Gasteiger partial charge in [0.2, 0.25) is 0 Å². The molecule has 3 heteroatoms. The fraction of sp³-hybridized carbons (Fsp3) is 0.900. The first-order valence-electron chi connectivity index (χ1n) is 4.79. The molecule has 1 aliphatic rings. The molecule has 0 saturated heterocycles. The van der Waals surface area contributed by atoms with Crippen LogP contribution in [0.2, 0.25) is 0 Å². The smallest absolute Gasteiger partial charge is 0.310 e. The van der Waals surface area contributed by atoms with Gasteiger partial charge in [-0.1, -0.05) is 13.8 Å². The highest BCUT2D eigenvalue weighted by Crippen LogP contribution is 2.43. The highest BCUT2D eigenvalue weighted by Gasteiger charge is 2.43. The minimum Gasteiger partial charge on any atom is -0.481 e. The van der Waals surface area contributed by atoms with Gasteiger partial charge in [0.15, 0.2) is 0 Å². The van der Waals surface area contributed by atoms with Crippen LogP contribution in [-0.2, 0) is 4.79 Å². The van der Waals surface area contributed by atoms with E-state index in [-0.39, 0.29) is 5.88 Å². The normalized spacial score (nSPS) is 40.2. The lowest BCUT2D eigenvalue weighted by Crippen LogP contribution is -2.40. The lowest BCUT2D eigenvalue weighted by Gasteiger charge is -2.38. The van der Waals surface area contributed by atoms with Gasteiger partial charge < -0.3 is 5.11 Å². The number of carbonyl (C=O) groups is 1. The van der Waals surface area contributed by atoms with Crippen LogP contribution >= 0.6 is 11.6 Å². The zero-order valence-electron chi connectivity index (χ0n) is 8.22. The predicted octanol–water partition coefficient (Wildman–Crippen LogP) is 2.75. The van der Waals surface area contributed by atoms with Crippen molar-refractivity contribution in [2.45, 2.75) is 33.1 Å². The van der Waals surface area contributed by atoms with E-state index in [0.717, 1.165) is 19.3 Å².